The first-order valence-corrected chi connectivity index (χ1v) is 5.95. The molecule has 0 aliphatic heterocycles. The predicted molar refractivity (Wildman–Crippen MR) is 71.9 cm³/mol. The lowest BCUT2D eigenvalue weighted by atomic mass is 10.2. The number of methoxy groups -OCH3 is 1. The van der Waals surface area contributed by atoms with Crippen molar-refractivity contribution < 1.29 is 14.3 Å². The van der Waals surface area contributed by atoms with Crippen LogP contribution in [0.4, 0.5) is 0 Å². The average molecular weight is 255 g/mol. The highest BCUT2D eigenvalue weighted by atomic mass is 16.5. The summed E-state index contributed by atoms with van der Waals surface area (Å²) < 4.78 is 11.0. The van der Waals surface area contributed by atoms with Gasteiger partial charge in [-0.05, 0) is 29.8 Å². The van der Waals surface area contributed by atoms with E-state index in [0.717, 1.165) is 22.4 Å². The Balaban J connectivity index is 2.15. The third kappa shape index (κ3) is 2.06. The van der Waals surface area contributed by atoms with Crippen molar-refractivity contribution in [1.29, 1.82) is 0 Å². The Labute approximate surface area is 110 Å². The van der Waals surface area contributed by atoms with Crippen LogP contribution in [0, 0.1) is 0 Å². The van der Waals surface area contributed by atoms with Crippen LogP contribution in [-0.2, 0) is 6.61 Å². The fourth-order valence-corrected chi connectivity index (χ4v) is 2.00. The monoisotopic (exact) mass is 255 g/mol. The molecule has 0 atom stereocenters. The van der Waals surface area contributed by atoms with E-state index in [4.69, 9.17) is 14.3 Å². The van der Waals surface area contributed by atoms with E-state index in [-0.39, 0.29) is 6.61 Å². The van der Waals surface area contributed by atoms with Crippen LogP contribution in [0.3, 0.4) is 0 Å². The molecule has 19 heavy (non-hydrogen) atoms. The third-order valence-electron chi connectivity index (χ3n) is 2.97. The predicted octanol–water partition coefficient (Wildman–Crippen LogP) is 3.00. The smallest absolute Gasteiger partial charge is 0.231 e. The van der Waals surface area contributed by atoms with Crippen LogP contribution < -0.4 is 4.74 Å². The number of aliphatic hydroxyl groups excluding tert-OH is 1. The normalized spacial score (nSPS) is 10.8. The summed E-state index contributed by atoms with van der Waals surface area (Å²) in [6, 6.07) is 13.0. The van der Waals surface area contributed by atoms with Gasteiger partial charge in [0.25, 0.3) is 0 Å². The van der Waals surface area contributed by atoms with E-state index in [9.17, 15) is 0 Å². The number of hydrogen-bond acceptors (Lipinski definition) is 4. The number of rotatable bonds is 3. The van der Waals surface area contributed by atoms with Gasteiger partial charge in [0, 0.05) is 0 Å². The second-order valence-corrected chi connectivity index (χ2v) is 4.18. The van der Waals surface area contributed by atoms with Gasteiger partial charge in [0.2, 0.25) is 5.89 Å². The van der Waals surface area contributed by atoms with E-state index in [0.29, 0.717) is 11.5 Å². The molecule has 0 aliphatic rings. The van der Waals surface area contributed by atoms with Crippen LogP contribution >= 0.6 is 0 Å². The maximum absolute atomic E-state index is 9.12. The van der Waals surface area contributed by atoms with Crippen molar-refractivity contribution in [2.24, 2.45) is 0 Å². The standard InChI is InChI=1S/C15H13NO3/c1-18-13-5-3-2-4-11(13)15-16-12-7-6-10(9-17)8-14(12)19-15/h2-8,17H,9H2,1H3. The molecule has 1 heterocycles. The minimum absolute atomic E-state index is 0.0133. The molecule has 0 bridgehead atoms. The van der Waals surface area contributed by atoms with E-state index in [1.807, 2.05) is 36.4 Å². The van der Waals surface area contributed by atoms with Crippen molar-refractivity contribution >= 4 is 11.1 Å². The largest absolute Gasteiger partial charge is 0.496 e. The van der Waals surface area contributed by atoms with E-state index in [2.05, 4.69) is 4.98 Å². The van der Waals surface area contributed by atoms with E-state index >= 15 is 0 Å². The summed E-state index contributed by atoms with van der Waals surface area (Å²) in [5.41, 5.74) is 3.03. The molecule has 2 aromatic carbocycles. The zero-order valence-electron chi connectivity index (χ0n) is 10.5. The quantitative estimate of drug-likeness (QED) is 0.781. The minimum atomic E-state index is -0.0133. The molecule has 96 valence electrons. The number of nitrogens with zero attached hydrogens (tertiary/aromatic N) is 1. The maximum atomic E-state index is 9.12. The molecule has 0 radical (unpaired) electrons. The lowest BCUT2D eigenvalue weighted by Gasteiger charge is -2.03. The first kappa shape index (κ1) is 11.7. The van der Waals surface area contributed by atoms with Gasteiger partial charge in [0.05, 0.1) is 19.3 Å². The SMILES string of the molecule is COc1ccccc1-c1nc2ccc(CO)cc2o1. The summed E-state index contributed by atoms with van der Waals surface area (Å²) in [5.74, 6) is 1.24. The zero-order valence-corrected chi connectivity index (χ0v) is 10.5. The van der Waals surface area contributed by atoms with E-state index in [1.54, 1.807) is 13.2 Å². The molecular formula is C15H13NO3. The molecule has 1 N–H and O–H groups in total. The van der Waals surface area contributed by atoms with Crippen LogP contribution in [0.2, 0.25) is 0 Å². The summed E-state index contributed by atoms with van der Waals surface area (Å²) in [6.07, 6.45) is 0. The molecule has 3 rings (SSSR count). The number of fused-ring (bicyclic) bond motifs is 1. The van der Waals surface area contributed by atoms with Crippen LogP contribution in [0.25, 0.3) is 22.6 Å². The second kappa shape index (κ2) is 4.74. The number of oxazole rings is 1. The fraction of sp³-hybridized carbons (Fsp3) is 0.133. The molecule has 0 fully saturated rings. The van der Waals surface area contributed by atoms with Gasteiger partial charge in [0.15, 0.2) is 5.58 Å². The Bertz CT molecular complexity index is 718. The molecule has 0 unspecified atom stereocenters. The van der Waals surface area contributed by atoms with Crippen molar-refractivity contribution in [3.63, 3.8) is 0 Å². The topological polar surface area (TPSA) is 55.5 Å². The van der Waals surface area contributed by atoms with Crippen molar-refractivity contribution in [1.82, 2.24) is 4.98 Å². The summed E-state index contributed by atoms with van der Waals surface area (Å²) in [5, 5.41) is 9.12. The van der Waals surface area contributed by atoms with Gasteiger partial charge >= 0.3 is 0 Å². The van der Waals surface area contributed by atoms with Gasteiger partial charge in [-0.1, -0.05) is 18.2 Å². The van der Waals surface area contributed by atoms with Crippen molar-refractivity contribution in [3.05, 3.63) is 48.0 Å². The minimum Gasteiger partial charge on any atom is -0.496 e. The third-order valence-corrected chi connectivity index (χ3v) is 2.97. The van der Waals surface area contributed by atoms with E-state index < -0.39 is 0 Å². The number of ether oxygens (including phenoxy) is 1. The average Bonchev–Trinajstić information content (AvgIpc) is 2.89. The molecule has 0 spiro atoms. The number of aromatic nitrogens is 1. The molecule has 4 heteroatoms. The molecule has 0 saturated heterocycles. The van der Waals surface area contributed by atoms with Crippen LogP contribution in [0.5, 0.6) is 5.75 Å². The van der Waals surface area contributed by atoms with Crippen molar-refractivity contribution in [3.8, 4) is 17.2 Å². The molecule has 3 aromatic rings. The first-order valence-electron chi connectivity index (χ1n) is 5.95. The maximum Gasteiger partial charge on any atom is 0.231 e. The molecular weight excluding hydrogens is 242 g/mol. The first-order chi connectivity index (χ1) is 9.31. The zero-order chi connectivity index (χ0) is 13.2. The van der Waals surface area contributed by atoms with Crippen molar-refractivity contribution in [2.45, 2.75) is 6.61 Å². The van der Waals surface area contributed by atoms with Gasteiger partial charge in [-0.3, -0.25) is 0 Å². The number of aliphatic hydroxyl groups is 1. The molecule has 0 aliphatic carbocycles. The van der Waals surface area contributed by atoms with Gasteiger partial charge < -0.3 is 14.3 Å². The second-order valence-electron chi connectivity index (χ2n) is 4.18. The number of benzene rings is 2. The highest BCUT2D eigenvalue weighted by Gasteiger charge is 2.12. The summed E-state index contributed by atoms with van der Waals surface area (Å²) >= 11 is 0. The van der Waals surface area contributed by atoms with Crippen molar-refractivity contribution in [2.75, 3.05) is 7.11 Å². The van der Waals surface area contributed by atoms with Gasteiger partial charge in [0.1, 0.15) is 11.3 Å². The number of para-hydroxylation sites is 1. The highest BCUT2D eigenvalue weighted by molar-refractivity contribution is 5.78. The summed E-state index contributed by atoms with van der Waals surface area (Å²) in [6.45, 7) is -0.0133. The Hall–Kier alpha value is -2.33. The fourth-order valence-electron chi connectivity index (χ4n) is 2.00. The van der Waals surface area contributed by atoms with Gasteiger partial charge in [-0.15, -0.1) is 0 Å². The van der Waals surface area contributed by atoms with Crippen LogP contribution in [0.15, 0.2) is 46.9 Å². The van der Waals surface area contributed by atoms with E-state index in [1.165, 1.54) is 0 Å². The Morgan fingerprint density at radius 2 is 2.05 bits per heavy atom. The Kier molecular flexibility index (Phi) is 2.93. The van der Waals surface area contributed by atoms with Crippen LogP contribution in [-0.4, -0.2) is 17.2 Å². The molecule has 0 amide bonds. The van der Waals surface area contributed by atoms with Gasteiger partial charge in [-0.2, -0.15) is 0 Å². The lowest BCUT2D eigenvalue weighted by Crippen LogP contribution is -1.86. The molecule has 1 aromatic heterocycles. The highest BCUT2D eigenvalue weighted by Crippen LogP contribution is 2.31. The number of hydrogen-bond donors (Lipinski definition) is 1. The molecule has 0 saturated carbocycles. The molecule has 4 nitrogen and oxygen atoms in total. The van der Waals surface area contributed by atoms with Crippen LogP contribution in [0.1, 0.15) is 5.56 Å². The Morgan fingerprint density at radius 3 is 2.84 bits per heavy atom. The summed E-state index contributed by atoms with van der Waals surface area (Å²) in [4.78, 5) is 4.44. The summed E-state index contributed by atoms with van der Waals surface area (Å²) in [7, 11) is 1.62. The lowest BCUT2D eigenvalue weighted by molar-refractivity contribution is 0.282. The Morgan fingerprint density at radius 1 is 1.21 bits per heavy atom. The van der Waals surface area contributed by atoms with Gasteiger partial charge in [-0.25, -0.2) is 4.98 Å².